The van der Waals surface area contributed by atoms with Crippen LogP contribution < -0.4 is 10.1 Å². The summed E-state index contributed by atoms with van der Waals surface area (Å²) in [6.45, 7) is 0. The number of ether oxygens (including phenoxy) is 1. The van der Waals surface area contributed by atoms with Crippen molar-refractivity contribution in [1.29, 1.82) is 0 Å². The fraction of sp³-hybridized carbons (Fsp3) is 0.278. The molecule has 0 bridgehead atoms. The number of carbonyl (C=O) groups excluding carboxylic acids is 1. The summed E-state index contributed by atoms with van der Waals surface area (Å²) in [5.41, 5.74) is 0.904. The van der Waals surface area contributed by atoms with E-state index >= 15 is 0 Å². The molecule has 0 aromatic heterocycles. The summed E-state index contributed by atoms with van der Waals surface area (Å²) in [7, 11) is 0. The number of rotatable bonds is 4. The molecule has 0 radical (unpaired) electrons. The molecular formula is C18H17BrFNO2. The van der Waals surface area contributed by atoms with Crippen molar-refractivity contribution in [1.82, 2.24) is 0 Å². The quantitative estimate of drug-likeness (QED) is 0.798. The van der Waals surface area contributed by atoms with Crippen LogP contribution in [0, 0.1) is 5.82 Å². The summed E-state index contributed by atoms with van der Waals surface area (Å²) in [6.07, 6.45) is 4.96. The minimum Gasteiger partial charge on any atom is -0.490 e. The number of hydrogen-bond acceptors (Lipinski definition) is 2. The van der Waals surface area contributed by atoms with E-state index in [1.807, 2.05) is 12.1 Å². The zero-order chi connectivity index (χ0) is 16.2. The van der Waals surface area contributed by atoms with Crippen LogP contribution in [0.15, 0.2) is 46.9 Å². The third-order valence-corrected chi connectivity index (χ3v) is 4.58. The molecule has 0 aliphatic heterocycles. The zero-order valence-electron chi connectivity index (χ0n) is 12.5. The van der Waals surface area contributed by atoms with E-state index in [4.69, 9.17) is 4.74 Å². The highest BCUT2D eigenvalue weighted by Gasteiger charge is 2.16. The monoisotopic (exact) mass is 377 g/mol. The van der Waals surface area contributed by atoms with E-state index < -0.39 is 5.82 Å². The predicted octanol–water partition coefficient (Wildman–Crippen LogP) is 5.16. The van der Waals surface area contributed by atoms with Crippen LogP contribution in [0.1, 0.15) is 36.0 Å². The molecule has 3 rings (SSSR count). The second-order valence-corrected chi connectivity index (χ2v) is 6.48. The highest BCUT2D eigenvalue weighted by molar-refractivity contribution is 9.10. The Morgan fingerprint density at radius 2 is 1.83 bits per heavy atom. The topological polar surface area (TPSA) is 38.3 Å². The molecule has 0 atom stereocenters. The lowest BCUT2D eigenvalue weighted by Gasteiger charge is -2.13. The van der Waals surface area contributed by atoms with Crippen LogP contribution in [-0.2, 0) is 0 Å². The van der Waals surface area contributed by atoms with Crippen LogP contribution in [0.25, 0.3) is 0 Å². The fourth-order valence-corrected chi connectivity index (χ4v) is 3.11. The van der Waals surface area contributed by atoms with Crippen molar-refractivity contribution in [3.63, 3.8) is 0 Å². The van der Waals surface area contributed by atoms with Gasteiger partial charge in [0, 0.05) is 10.2 Å². The van der Waals surface area contributed by atoms with Gasteiger partial charge in [0.05, 0.1) is 11.7 Å². The Labute approximate surface area is 143 Å². The number of halogens is 2. The van der Waals surface area contributed by atoms with E-state index in [0.29, 0.717) is 16.3 Å². The molecule has 2 aromatic rings. The fourth-order valence-electron chi connectivity index (χ4n) is 2.69. The van der Waals surface area contributed by atoms with Crippen LogP contribution in [-0.4, -0.2) is 12.0 Å². The second-order valence-electron chi connectivity index (χ2n) is 5.63. The number of hydrogen-bond donors (Lipinski definition) is 1. The smallest absolute Gasteiger partial charge is 0.256 e. The average molecular weight is 378 g/mol. The van der Waals surface area contributed by atoms with E-state index in [-0.39, 0.29) is 11.5 Å². The first-order valence-electron chi connectivity index (χ1n) is 7.65. The molecule has 0 saturated heterocycles. The molecule has 2 aromatic carbocycles. The van der Waals surface area contributed by atoms with Gasteiger partial charge in [-0.25, -0.2) is 4.39 Å². The number of amides is 1. The molecule has 3 nitrogen and oxygen atoms in total. The van der Waals surface area contributed by atoms with E-state index in [9.17, 15) is 9.18 Å². The molecule has 0 heterocycles. The highest BCUT2D eigenvalue weighted by Crippen LogP contribution is 2.25. The third kappa shape index (κ3) is 4.10. The van der Waals surface area contributed by atoms with E-state index in [2.05, 4.69) is 21.2 Å². The maximum absolute atomic E-state index is 13.3. The van der Waals surface area contributed by atoms with Crippen molar-refractivity contribution >= 4 is 27.5 Å². The van der Waals surface area contributed by atoms with E-state index in [1.165, 1.54) is 31.0 Å². The van der Waals surface area contributed by atoms with Gasteiger partial charge >= 0.3 is 0 Å². The maximum atomic E-state index is 13.3. The summed E-state index contributed by atoms with van der Waals surface area (Å²) in [6, 6.07) is 11.3. The minimum atomic E-state index is -0.446. The van der Waals surface area contributed by atoms with Crippen LogP contribution in [0.3, 0.4) is 0 Å². The summed E-state index contributed by atoms with van der Waals surface area (Å²) >= 11 is 3.26. The van der Waals surface area contributed by atoms with Gasteiger partial charge in [-0.15, -0.1) is 0 Å². The molecule has 1 fully saturated rings. The first kappa shape index (κ1) is 16.0. The van der Waals surface area contributed by atoms with Crippen molar-refractivity contribution in [3.8, 4) is 5.75 Å². The summed E-state index contributed by atoms with van der Waals surface area (Å²) in [5, 5.41) is 2.76. The Hall–Kier alpha value is -1.88. The number of benzene rings is 2. The van der Waals surface area contributed by atoms with Gasteiger partial charge < -0.3 is 10.1 Å². The summed E-state index contributed by atoms with van der Waals surface area (Å²) in [4.78, 5) is 12.2. The largest absolute Gasteiger partial charge is 0.490 e. The number of nitrogens with one attached hydrogen (secondary N) is 1. The zero-order valence-corrected chi connectivity index (χ0v) is 14.1. The normalized spacial score (nSPS) is 14.7. The van der Waals surface area contributed by atoms with Crippen LogP contribution in [0.5, 0.6) is 5.75 Å². The Kier molecular flexibility index (Phi) is 4.96. The standard InChI is InChI=1S/C18H17BrFNO2/c19-17-10-5-12(20)11-16(17)18(22)21-13-6-8-15(9-7-13)23-14-3-1-2-4-14/h5-11,14H,1-4H2,(H,21,22). The molecule has 120 valence electrons. The van der Waals surface area contributed by atoms with Gasteiger partial charge in [-0.3, -0.25) is 4.79 Å². The maximum Gasteiger partial charge on any atom is 0.256 e. The van der Waals surface area contributed by atoms with Crippen LogP contribution >= 0.6 is 15.9 Å². The summed E-state index contributed by atoms with van der Waals surface area (Å²) in [5.74, 6) is 0.00123. The van der Waals surface area contributed by atoms with Gasteiger partial charge in [-0.1, -0.05) is 0 Å². The van der Waals surface area contributed by atoms with E-state index in [0.717, 1.165) is 18.6 Å². The molecule has 1 aliphatic rings. The van der Waals surface area contributed by atoms with Gasteiger partial charge in [-0.05, 0) is 84.1 Å². The first-order valence-corrected chi connectivity index (χ1v) is 8.44. The van der Waals surface area contributed by atoms with Crippen LogP contribution in [0.4, 0.5) is 10.1 Å². The number of carbonyl (C=O) groups is 1. The van der Waals surface area contributed by atoms with Gasteiger partial charge in [0.25, 0.3) is 5.91 Å². The molecule has 1 aliphatic carbocycles. The Morgan fingerprint density at radius 3 is 2.52 bits per heavy atom. The van der Waals surface area contributed by atoms with Crippen molar-refractivity contribution in [2.24, 2.45) is 0 Å². The van der Waals surface area contributed by atoms with Gasteiger partial charge in [0.1, 0.15) is 11.6 Å². The van der Waals surface area contributed by atoms with Crippen molar-refractivity contribution in [2.75, 3.05) is 5.32 Å². The molecule has 1 saturated carbocycles. The van der Waals surface area contributed by atoms with Gasteiger partial charge in [-0.2, -0.15) is 0 Å². The number of anilines is 1. The summed E-state index contributed by atoms with van der Waals surface area (Å²) < 4.78 is 19.7. The molecular weight excluding hydrogens is 361 g/mol. The van der Waals surface area contributed by atoms with E-state index in [1.54, 1.807) is 12.1 Å². The lowest BCUT2D eigenvalue weighted by molar-refractivity contribution is 0.102. The Morgan fingerprint density at radius 1 is 1.13 bits per heavy atom. The van der Waals surface area contributed by atoms with Crippen molar-refractivity contribution in [3.05, 3.63) is 58.3 Å². The Balaban J connectivity index is 1.65. The lowest BCUT2D eigenvalue weighted by atomic mass is 10.2. The van der Waals surface area contributed by atoms with Gasteiger partial charge in [0.2, 0.25) is 0 Å². The molecule has 5 heteroatoms. The van der Waals surface area contributed by atoms with Crippen LogP contribution in [0.2, 0.25) is 0 Å². The van der Waals surface area contributed by atoms with Crippen molar-refractivity contribution < 1.29 is 13.9 Å². The average Bonchev–Trinajstić information content (AvgIpc) is 3.04. The molecule has 1 N–H and O–H groups in total. The van der Waals surface area contributed by atoms with Crippen molar-refractivity contribution in [2.45, 2.75) is 31.8 Å². The lowest BCUT2D eigenvalue weighted by Crippen LogP contribution is -2.13. The SMILES string of the molecule is O=C(Nc1ccc(OC2CCCC2)cc1)c1cc(F)ccc1Br. The second kappa shape index (κ2) is 7.13. The minimum absolute atomic E-state index is 0.260. The first-order chi connectivity index (χ1) is 11.1. The highest BCUT2D eigenvalue weighted by atomic mass is 79.9. The molecule has 23 heavy (non-hydrogen) atoms. The molecule has 0 unspecified atom stereocenters. The molecule has 1 amide bonds. The van der Waals surface area contributed by atoms with Gasteiger partial charge in [0.15, 0.2) is 0 Å². The third-order valence-electron chi connectivity index (χ3n) is 3.89. The predicted molar refractivity (Wildman–Crippen MR) is 91.4 cm³/mol. The molecule has 0 spiro atoms. The Bertz CT molecular complexity index is 697.